The van der Waals surface area contributed by atoms with E-state index in [1.807, 2.05) is 0 Å². The van der Waals surface area contributed by atoms with Gasteiger partial charge in [0, 0.05) is 44.9 Å². The molecule has 3 nitrogen and oxygen atoms in total. The Kier molecular flexibility index (Phi) is 4.26. The first-order valence-electron chi connectivity index (χ1n) is 13.8. The molecular weight excluding hydrogens is 486 g/mol. The van der Waals surface area contributed by atoms with E-state index in [1.165, 1.54) is 76.8 Å². The molecule has 9 aromatic rings. The van der Waals surface area contributed by atoms with Crippen LogP contribution < -0.4 is 0 Å². The minimum atomic E-state index is 1.18. The van der Waals surface area contributed by atoms with Crippen LogP contribution in [0.25, 0.3) is 76.8 Å². The molecule has 0 amide bonds. The van der Waals surface area contributed by atoms with Crippen LogP contribution in [-0.2, 0) is 7.05 Å². The number of rotatable bonds is 2. The molecule has 0 saturated carbocycles. The molecule has 0 bridgehead atoms. The molecule has 3 aromatic heterocycles. The first-order chi connectivity index (χ1) is 19.8. The van der Waals surface area contributed by atoms with Crippen molar-refractivity contribution in [2.24, 2.45) is 7.05 Å². The maximum atomic E-state index is 2.50. The van der Waals surface area contributed by atoms with Gasteiger partial charge in [-0.3, -0.25) is 0 Å². The Morgan fingerprint density at radius 1 is 0.350 bits per heavy atom. The molecule has 0 aliphatic carbocycles. The Labute approximate surface area is 230 Å². The van der Waals surface area contributed by atoms with Crippen molar-refractivity contribution in [3.05, 3.63) is 133 Å². The third-order valence-electron chi connectivity index (χ3n) is 8.65. The van der Waals surface area contributed by atoms with Crippen LogP contribution in [0.15, 0.2) is 133 Å². The van der Waals surface area contributed by atoms with Crippen molar-refractivity contribution in [3.8, 4) is 11.4 Å². The fourth-order valence-electron chi connectivity index (χ4n) is 6.99. The van der Waals surface area contributed by atoms with E-state index in [4.69, 9.17) is 0 Å². The van der Waals surface area contributed by atoms with Crippen molar-refractivity contribution in [3.63, 3.8) is 0 Å². The van der Waals surface area contributed by atoms with Crippen molar-refractivity contribution in [1.29, 1.82) is 0 Å². The lowest BCUT2D eigenvalue weighted by molar-refractivity contribution is 1.01. The molecule has 0 atom stereocenters. The second kappa shape index (κ2) is 7.87. The van der Waals surface area contributed by atoms with Gasteiger partial charge in [-0.25, -0.2) is 0 Å². The van der Waals surface area contributed by atoms with Crippen LogP contribution in [0.1, 0.15) is 0 Å². The molecule has 3 heterocycles. The number of para-hydroxylation sites is 5. The summed E-state index contributed by atoms with van der Waals surface area (Å²) in [7, 11) is 2.17. The predicted molar refractivity (Wildman–Crippen MR) is 169 cm³/mol. The zero-order valence-electron chi connectivity index (χ0n) is 22.0. The Morgan fingerprint density at radius 3 is 1.48 bits per heavy atom. The van der Waals surface area contributed by atoms with Crippen LogP contribution in [0.4, 0.5) is 0 Å². The summed E-state index contributed by atoms with van der Waals surface area (Å²) in [6.07, 6.45) is 0. The second-order valence-corrected chi connectivity index (χ2v) is 10.6. The molecule has 0 unspecified atom stereocenters. The average molecular weight is 512 g/mol. The molecule has 188 valence electrons. The molecule has 0 fully saturated rings. The van der Waals surface area contributed by atoms with E-state index in [0.717, 1.165) is 0 Å². The summed E-state index contributed by atoms with van der Waals surface area (Å²) < 4.78 is 7.26. The maximum absolute atomic E-state index is 2.50. The van der Waals surface area contributed by atoms with Gasteiger partial charge in [-0.2, -0.15) is 0 Å². The lowest BCUT2D eigenvalue weighted by Gasteiger charge is -2.15. The summed E-state index contributed by atoms with van der Waals surface area (Å²) in [5.74, 6) is 0. The summed E-state index contributed by atoms with van der Waals surface area (Å²) in [6.45, 7) is 0. The van der Waals surface area contributed by atoms with Crippen molar-refractivity contribution in [2.45, 2.75) is 0 Å². The van der Waals surface area contributed by atoms with Crippen molar-refractivity contribution >= 4 is 65.4 Å². The largest absolute Gasteiger partial charge is 0.344 e. The highest BCUT2D eigenvalue weighted by Crippen LogP contribution is 2.42. The molecule has 0 radical (unpaired) electrons. The number of hydrogen-bond acceptors (Lipinski definition) is 0. The van der Waals surface area contributed by atoms with Crippen LogP contribution in [0.3, 0.4) is 0 Å². The normalized spacial score (nSPS) is 12.1. The van der Waals surface area contributed by atoms with E-state index in [0.29, 0.717) is 0 Å². The molecule has 0 aliphatic rings. The topological polar surface area (TPSA) is 14.8 Å². The minimum Gasteiger partial charge on any atom is -0.344 e. The highest BCUT2D eigenvalue weighted by molar-refractivity contribution is 6.18. The molecule has 40 heavy (non-hydrogen) atoms. The third kappa shape index (κ3) is 2.69. The van der Waals surface area contributed by atoms with E-state index >= 15 is 0 Å². The number of fused-ring (bicyclic) bond motifs is 9. The zero-order chi connectivity index (χ0) is 26.4. The van der Waals surface area contributed by atoms with Gasteiger partial charge in [0.1, 0.15) is 0 Å². The van der Waals surface area contributed by atoms with Gasteiger partial charge in [-0.1, -0.05) is 91.0 Å². The lowest BCUT2D eigenvalue weighted by atomic mass is 10.1. The molecular formula is C37H25N3. The summed E-state index contributed by atoms with van der Waals surface area (Å²) in [5, 5.41) is 7.61. The molecule has 3 heteroatoms. The van der Waals surface area contributed by atoms with Crippen LogP contribution in [-0.4, -0.2) is 13.7 Å². The van der Waals surface area contributed by atoms with Crippen molar-refractivity contribution in [1.82, 2.24) is 13.7 Å². The van der Waals surface area contributed by atoms with Gasteiger partial charge >= 0.3 is 0 Å². The molecule has 0 saturated heterocycles. The van der Waals surface area contributed by atoms with E-state index in [1.54, 1.807) is 0 Å². The van der Waals surface area contributed by atoms with Crippen LogP contribution in [0.2, 0.25) is 0 Å². The number of hydrogen-bond donors (Lipinski definition) is 0. The van der Waals surface area contributed by atoms with Crippen LogP contribution in [0.5, 0.6) is 0 Å². The SMILES string of the molecule is Cn1c2ccccc2c2c(-n3c4ccccc4c4cccc(-n5c6ccccc6c6ccccc65)c43)cccc21. The number of benzene rings is 6. The van der Waals surface area contributed by atoms with E-state index in [-0.39, 0.29) is 0 Å². The van der Waals surface area contributed by atoms with Gasteiger partial charge in [0.05, 0.1) is 39.0 Å². The third-order valence-corrected chi connectivity index (χ3v) is 8.65. The first kappa shape index (κ1) is 21.6. The average Bonchev–Trinajstić information content (AvgIpc) is 3.63. The Morgan fingerprint density at radius 2 is 0.800 bits per heavy atom. The first-order valence-corrected chi connectivity index (χ1v) is 13.8. The Hall–Kier alpha value is -5.28. The zero-order valence-corrected chi connectivity index (χ0v) is 22.0. The smallest absolute Gasteiger partial charge is 0.0782 e. The minimum absolute atomic E-state index is 1.18. The fraction of sp³-hybridized carbons (Fsp3) is 0.0270. The van der Waals surface area contributed by atoms with Gasteiger partial charge in [-0.15, -0.1) is 0 Å². The number of aromatic nitrogens is 3. The summed E-state index contributed by atoms with van der Waals surface area (Å²) in [6, 6.07) is 48.5. The fourth-order valence-corrected chi connectivity index (χ4v) is 6.99. The van der Waals surface area contributed by atoms with Gasteiger partial charge in [0.15, 0.2) is 0 Å². The monoisotopic (exact) mass is 511 g/mol. The van der Waals surface area contributed by atoms with Crippen LogP contribution >= 0.6 is 0 Å². The maximum Gasteiger partial charge on any atom is 0.0782 e. The molecule has 9 rings (SSSR count). The standard InChI is InChI=1S/C37H25N3/c1-38-29-17-6-5-15-28(29)36-33(38)21-11-22-34(36)40-32-20-9-4-14-26(32)27-16-10-23-35(37(27)40)39-30-18-7-2-12-24(30)25-13-3-8-19-31(25)39/h2-23H,1H3. The summed E-state index contributed by atoms with van der Waals surface area (Å²) in [5.41, 5.74) is 9.74. The molecule has 0 spiro atoms. The van der Waals surface area contributed by atoms with Gasteiger partial charge in [0.25, 0.3) is 0 Å². The second-order valence-electron chi connectivity index (χ2n) is 10.6. The van der Waals surface area contributed by atoms with E-state index in [2.05, 4.69) is 154 Å². The molecule has 6 aromatic carbocycles. The number of nitrogens with zero attached hydrogens (tertiary/aromatic N) is 3. The summed E-state index contributed by atoms with van der Waals surface area (Å²) >= 11 is 0. The molecule has 0 N–H and O–H groups in total. The molecule has 0 aliphatic heterocycles. The highest BCUT2D eigenvalue weighted by atomic mass is 15.1. The van der Waals surface area contributed by atoms with Crippen LogP contribution in [0, 0.1) is 0 Å². The summed E-state index contributed by atoms with van der Waals surface area (Å²) in [4.78, 5) is 0. The lowest BCUT2D eigenvalue weighted by Crippen LogP contribution is -2.01. The highest BCUT2D eigenvalue weighted by Gasteiger charge is 2.21. The van der Waals surface area contributed by atoms with Crippen molar-refractivity contribution in [2.75, 3.05) is 0 Å². The van der Waals surface area contributed by atoms with Crippen molar-refractivity contribution < 1.29 is 0 Å². The van der Waals surface area contributed by atoms with Gasteiger partial charge in [0.2, 0.25) is 0 Å². The Balaban J connectivity index is 1.52. The predicted octanol–water partition coefficient (Wildman–Crippen LogP) is 9.53. The van der Waals surface area contributed by atoms with E-state index < -0.39 is 0 Å². The van der Waals surface area contributed by atoms with E-state index in [9.17, 15) is 0 Å². The quantitative estimate of drug-likeness (QED) is 0.219. The van der Waals surface area contributed by atoms with Gasteiger partial charge in [-0.05, 0) is 42.5 Å². The van der Waals surface area contributed by atoms with Gasteiger partial charge < -0.3 is 13.7 Å². The number of aryl methyl sites for hydroxylation is 1. The Bertz CT molecular complexity index is 2390.